The van der Waals surface area contributed by atoms with Crippen LogP contribution in [0.1, 0.15) is 13.8 Å². The lowest BCUT2D eigenvalue weighted by Gasteiger charge is -2.24. The Labute approximate surface area is 105 Å². The van der Waals surface area contributed by atoms with Crippen molar-refractivity contribution in [1.29, 1.82) is 0 Å². The molecule has 2 rings (SSSR count). The van der Waals surface area contributed by atoms with E-state index in [2.05, 4.69) is 71.1 Å². The molecule has 2 aromatic rings. The highest BCUT2D eigenvalue weighted by atomic mass is 79.9. The second-order valence-corrected chi connectivity index (χ2v) is 4.64. The Kier molecular flexibility index (Phi) is 3.49. The first kappa shape index (κ1) is 11.5. The van der Waals surface area contributed by atoms with E-state index in [4.69, 9.17) is 0 Å². The SMILES string of the molecule is CCN(CC)c1c(Br)ccc2ccccc12. The quantitative estimate of drug-likeness (QED) is 0.801. The standard InChI is InChI=1S/C14H16BrN/c1-3-16(4-2)14-12-8-6-5-7-11(12)9-10-13(14)15/h5-10H,3-4H2,1-2H3. The predicted molar refractivity (Wildman–Crippen MR) is 75.2 cm³/mol. The smallest absolute Gasteiger partial charge is 0.0590 e. The van der Waals surface area contributed by atoms with Crippen LogP contribution in [0.2, 0.25) is 0 Å². The lowest BCUT2D eigenvalue weighted by molar-refractivity contribution is 0.868. The molecule has 0 aliphatic heterocycles. The second-order valence-electron chi connectivity index (χ2n) is 3.79. The van der Waals surface area contributed by atoms with E-state index >= 15 is 0 Å². The molecule has 0 saturated carbocycles. The summed E-state index contributed by atoms with van der Waals surface area (Å²) in [5.74, 6) is 0. The van der Waals surface area contributed by atoms with Gasteiger partial charge in [0, 0.05) is 22.9 Å². The first-order chi connectivity index (χ1) is 7.77. The summed E-state index contributed by atoms with van der Waals surface area (Å²) in [6, 6.07) is 12.8. The molecule has 0 saturated heterocycles. The van der Waals surface area contributed by atoms with Crippen LogP contribution in [0.15, 0.2) is 40.9 Å². The Morgan fingerprint density at radius 1 is 1.00 bits per heavy atom. The van der Waals surface area contributed by atoms with Crippen molar-refractivity contribution < 1.29 is 0 Å². The molecule has 1 nitrogen and oxygen atoms in total. The van der Waals surface area contributed by atoms with Gasteiger partial charge in [0.25, 0.3) is 0 Å². The lowest BCUT2D eigenvalue weighted by Crippen LogP contribution is -2.22. The largest absolute Gasteiger partial charge is 0.371 e. The number of hydrogen-bond acceptors (Lipinski definition) is 1. The molecule has 0 atom stereocenters. The number of rotatable bonds is 3. The molecule has 0 aliphatic carbocycles. The van der Waals surface area contributed by atoms with Gasteiger partial charge in [0.05, 0.1) is 5.69 Å². The van der Waals surface area contributed by atoms with Crippen molar-refractivity contribution in [2.24, 2.45) is 0 Å². The van der Waals surface area contributed by atoms with Gasteiger partial charge < -0.3 is 4.90 Å². The molecule has 0 N–H and O–H groups in total. The van der Waals surface area contributed by atoms with Gasteiger partial charge in [0.1, 0.15) is 0 Å². The van der Waals surface area contributed by atoms with E-state index in [1.165, 1.54) is 20.9 Å². The zero-order valence-electron chi connectivity index (χ0n) is 9.70. The third-order valence-corrected chi connectivity index (χ3v) is 3.57. The van der Waals surface area contributed by atoms with Crippen molar-refractivity contribution in [3.63, 3.8) is 0 Å². The van der Waals surface area contributed by atoms with Crippen LogP contribution in [-0.4, -0.2) is 13.1 Å². The highest BCUT2D eigenvalue weighted by molar-refractivity contribution is 9.10. The first-order valence-electron chi connectivity index (χ1n) is 5.70. The van der Waals surface area contributed by atoms with Crippen LogP contribution in [0.3, 0.4) is 0 Å². The summed E-state index contributed by atoms with van der Waals surface area (Å²) in [4.78, 5) is 2.38. The van der Waals surface area contributed by atoms with Crippen LogP contribution < -0.4 is 4.90 Å². The van der Waals surface area contributed by atoms with Gasteiger partial charge in [-0.25, -0.2) is 0 Å². The molecule has 0 heterocycles. The molecule has 2 heteroatoms. The minimum atomic E-state index is 1.03. The number of nitrogens with zero attached hydrogens (tertiary/aromatic N) is 1. The number of anilines is 1. The van der Waals surface area contributed by atoms with E-state index < -0.39 is 0 Å². The molecule has 2 aromatic carbocycles. The van der Waals surface area contributed by atoms with Gasteiger partial charge in [-0.3, -0.25) is 0 Å². The summed E-state index contributed by atoms with van der Waals surface area (Å²) in [6.07, 6.45) is 0. The molecule has 0 fully saturated rings. The first-order valence-corrected chi connectivity index (χ1v) is 6.49. The van der Waals surface area contributed by atoms with Crippen molar-refractivity contribution >= 4 is 32.4 Å². The molecule has 0 radical (unpaired) electrons. The van der Waals surface area contributed by atoms with E-state index in [1.807, 2.05) is 0 Å². The van der Waals surface area contributed by atoms with Crippen LogP contribution in [0.4, 0.5) is 5.69 Å². The molecule has 16 heavy (non-hydrogen) atoms. The Morgan fingerprint density at radius 3 is 2.38 bits per heavy atom. The van der Waals surface area contributed by atoms with Crippen molar-refractivity contribution in [2.45, 2.75) is 13.8 Å². The van der Waals surface area contributed by atoms with Crippen molar-refractivity contribution in [2.75, 3.05) is 18.0 Å². The van der Waals surface area contributed by atoms with Crippen molar-refractivity contribution in [3.8, 4) is 0 Å². The fraction of sp³-hybridized carbons (Fsp3) is 0.286. The highest BCUT2D eigenvalue weighted by Gasteiger charge is 2.10. The molecular formula is C14H16BrN. The van der Waals surface area contributed by atoms with Crippen LogP contribution in [0.25, 0.3) is 10.8 Å². The Hall–Kier alpha value is -1.02. The van der Waals surface area contributed by atoms with Gasteiger partial charge in [-0.15, -0.1) is 0 Å². The lowest BCUT2D eigenvalue weighted by atomic mass is 10.1. The van der Waals surface area contributed by atoms with Crippen LogP contribution in [-0.2, 0) is 0 Å². The fourth-order valence-electron chi connectivity index (χ4n) is 2.09. The average molecular weight is 278 g/mol. The summed E-state index contributed by atoms with van der Waals surface area (Å²) in [6.45, 7) is 6.45. The van der Waals surface area contributed by atoms with Gasteiger partial charge in [0.2, 0.25) is 0 Å². The maximum atomic E-state index is 3.66. The van der Waals surface area contributed by atoms with E-state index in [0.717, 1.165) is 13.1 Å². The zero-order valence-corrected chi connectivity index (χ0v) is 11.3. The maximum Gasteiger partial charge on any atom is 0.0590 e. The van der Waals surface area contributed by atoms with E-state index in [9.17, 15) is 0 Å². The summed E-state index contributed by atoms with van der Waals surface area (Å²) in [5, 5.41) is 2.62. The van der Waals surface area contributed by atoms with Crippen LogP contribution in [0, 0.1) is 0 Å². The van der Waals surface area contributed by atoms with E-state index in [1.54, 1.807) is 0 Å². The molecule has 0 amide bonds. The van der Waals surface area contributed by atoms with Crippen LogP contribution >= 0.6 is 15.9 Å². The molecule has 0 aromatic heterocycles. The number of fused-ring (bicyclic) bond motifs is 1. The topological polar surface area (TPSA) is 3.24 Å². The van der Waals surface area contributed by atoms with Crippen molar-refractivity contribution in [1.82, 2.24) is 0 Å². The Morgan fingerprint density at radius 2 is 1.69 bits per heavy atom. The highest BCUT2D eigenvalue weighted by Crippen LogP contribution is 2.34. The number of hydrogen-bond donors (Lipinski definition) is 0. The third kappa shape index (κ3) is 1.94. The summed E-state index contributed by atoms with van der Waals surface area (Å²) < 4.78 is 1.18. The van der Waals surface area contributed by atoms with Gasteiger partial charge in [-0.05, 0) is 41.2 Å². The number of benzene rings is 2. The molecule has 0 unspecified atom stereocenters. The summed E-state index contributed by atoms with van der Waals surface area (Å²) >= 11 is 3.66. The maximum absolute atomic E-state index is 3.66. The molecule has 84 valence electrons. The van der Waals surface area contributed by atoms with Crippen molar-refractivity contribution in [3.05, 3.63) is 40.9 Å². The minimum absolute atomic E-state index is 1.03. The van der Waals surface area contributed by atoms with E-state index in [-0.39, 0.29) is 0 Å². The summed E-state index contributed by atoms with van der Waals surface area (Å²) in [7, 11) is 0. The molecular weight excluding hydrogens is 262 g/mol. The second kappa shape index (κ2) is 4.88. The van der Waals surface area contributed by atoms with Gasteiger partial charge in [-0.2, -0.15) is 0 Å². The monoisotopic (exact) mass is 277 g/mol. The molecule has 0 aliphatic rings. The number of halogens is 1. The molecule has 0 bridgehead atoms. The third-order valence-electron chi connectivity index (χ3n) is 2.93. The average Bonchev–Trinajstić information content (AvgIpc) is 2.33. The molecule has 0 spiro atoms. The van der Waals surface area contributed by atoms with Gasteiger partial charge in [-0.1, -0.05) is 30.3 Å². The Balaban J connectivity index is 2.69. The van der Waals surface area contributed by atoms with Crippen LogP contribution in [0.5, 0.6) is 0 Å². The fourth-order valence-corrected chi connectivity index (χ4v) is 2.69. The Bertz CT molecular complexity index is 489. The minimum Gasteiger partial charge on any atom is -0.371 e. The van der Waals surface area contributed by atoms with Gasteiger partial charge in [0.15, 0.2) is 0 Å². The van der Waals surface area contributed by atoms with Gasteiger partial charge >= 0.3 is 0 Å². The summed E-state index contributed by atoms with van der Waals surface area (Å²) in [5.41, 5.74) is 1.31. The predicted octanol–water partition coefficient (Wildman–Crippen LogP) is 4.45. The zero-order chi connectivity index (χ0) is 11.5. The normalized spacial score (nSPS) is 10.7. The van der Waals surface area contributed by atoms with E-state index in [0.29, 0.717) is 0 Å².